The fourth-order valence-electron chi connectivity index (χ4n) is 2.97. The van der Waals surface area contributed by atoms with Gasteiger partial charge in [0, 0.05) is 12.2 Å². The van der Waals surface area contributed by atoms with Gasteiger partial charge in [0.25, 0.3) is 0 Å². The molecule has 0 aliphatic heterocycles. The lowest BCUT2D eigenvalue weighted by Crippen LogP contribution is -2.43. The van der Waals surface area contributed by atoms with Crippen LogP contribution in [0.4, 0.5) is 0 Å². The minimum Gasteiger partial charge on any atom is -0.468 e. The fourth-order valence-corrected chi connectivity index (χ4v) is 4.39. The Morgan fingerprint density at radius 1 is 1.31 bits per heavy atom. The summed E-state index contributed by atoms with van der Waals surface area (Å²) in [5, 5.41) is 3.10. The Hall–Kier alpha value is -1.90. The second-order valence-corrected chi connectivity index (χ2v) is 8.54. The quantitative estimate of drug-likeness (QED) is 0.725. The third-order valence-corrected chi connectivity index (χ3v) is 6.29. The summed E-state index contributed by atoms with van der Waals surface area (Å²) in [5.41, 5.74) is 0. The highest BCUT2D eigenvalue weighted by atomic mass is 35.5. The number of rotatable bonds is 7. The van der Waals surface area contributed by atoms with E-state index >= 15 is 0 Å². The highest BCUT2D eigenvalue weighted by Crippen LogP contribution is 2.20. The summed E-state index contributed by atoms with van der Waals surface area (Å²) < 4.78 is 32.3. The lowest BCUT2D eigenvalue weighted by Gasteiger charge is -2.22. The number of hydrogen-bond donors (Lipinski definition) is 1. The number of amides is 1. The van der Waals surface area contributed by atoms with Gasteiger partial charge in [-0.3, -0.25) is 4.79 Å². The van der Waals surface area contributed by atoms with E-state index in [2.05, 4.69) is 10.3 Å². The molecule has 7 nitrogen and oxygen atoms in total. The predicted molar refractivity (Wildman–Crippen MR) is 95.9 cm³/mol. The molecule has 0 aromatic carbocycles. The minimum absolute atomic E-state index is 0.0258. The van der Waals surface area contributed by atoms with Crippen LogP contribution >= 0.6 is 11.6 Å². The molecule has 140 valence electrons. The first kappa shape index (κ1) is 18.9. The SMILES string of the molecule is O=C(CN(Cc1ccco1)S(=O)(=O)c1ccc(Cl)nc1)NC1CCCC1. The lowest BCUT2D eigenvalue weighted by molar-refractivity contribution is -0.122. The normalized spacial score (nSPS) is 15.5. The van der Waals surface area contributed by atoms with Crippen molar-refractivity contribution in [2.45, 2.75) is 43.2 Å². The zero-order chi connectivity index (χ0) is 18.6. The van der Waals surface area contributed by atoms with Crippen LogP contribution in [0.3, 0.4) is 0 Å². The van der Waals surface area contributed by atoms with Crippen molar-refractivity contribution in [1.29, 1.82) is 0 Å². The molecule has 26 heavy (non-hydrogen) atoms. The molecular weight excluding hydrogens is 378 g/mol. The van der Waals surface area contributed by atoms with E-state index in [0.29, 0.717) is 5.76 Å². The van der Waals surface area contributed by atoms with Crippen LogP contribution in [-0.4, -0.2) is 36.2 Å². The van der Waals surface area contributed by atoms with Crippen LogP contribution in [0.15, 0.2) is 46.0 Å². The average Bonchev–Trinajstić information content (AvgIpc) is 3.28. The van der Waals surface area contributed by atoms with Crippen molar-refractivity contribution in [2.75, 3.05) is 6.54 Å². The molecule has 1 aliphatic carbocycles. The van der Waals surface area contributed by atoms with Gasteiger partial charge in [-0.1, -0.05) is 24.4 Å². The Kier molecular flexibility index (Phi) is 5.95. The van der Waals surface area contributed by atoms with E-state index in [1.54, 1.807) is 12.1 Å². The van der Waals surface area contributed by atoms with Gasteiger partial charge >= 0.3 is 0 Å². The van der Waals surface area contributed by atoms with Crippen LogP contribution < -0.4 is 5.32 Å². The highest BCUT2D eigenvalue weighted by molar-refractivity contribution is 7.89. The van der Waals surface area contributed by atoms with Crippen LogP contribution in [0.25, 0.3) is 0 Å². The maximum Gasteiger partial charge on any atom is 0.245 e. The van der Waals surface area contributed by atoms with E-state index in [0.717, 1.165) is 30.0 Å². The van der Waals surface area contributed by atoms with Crippen molar-refractivity contribution < 1.29 is 17.6 Å². The maximum absolute atomic E-state index is 13.0. The first-order valence-electron chi connectivity index (χ1n) is 8.38. The fraction of sp³-hybridized carbons (Fsp3) is 0.412. The molecule has 3 rings (SSSR count). The van der Waals surface area contributed by atoms with E-state index in [-0.39, 0.29) is 35.1 Å². The number of halogens is 1. The summed E-state index contributed by atoms with van der Waals surface area (Å²) in [6.07, 6.45) is 6.66. The molecule has 0 saturated heterocycles. The standard InChI is InChI=1S/C17H20ClN3O4S/c18-16-8-7-15(10-19-16)26(23,24)21(11-14-6-3-9-25-14)12-17(22)20-13-4-1-2-5-13/h3,6-10,13H,1-2,4-5,11-12H2,(H,20,22). The number of sulfonamides is 1. The molecule has 0 unspecified atom stereocenters. The van der Waals surface area contributed by atoms with Gasteiger partial charge in [-0.05, 0) is 37.1 Å². The van der Waals surface area contributed by atoms with E-state index in [9.17, 15) is 13.2 Å². The number of carbonyl (C=O) groups excluding carboxylic acids is 1. The van der Waals surface area contributed by atoms with Crippen LogP contribution in [-0.2, 0) is 21.4 Å². The van der Waals surface area contributed by atoms with Crippen LogP contribution in [0.1, 0.15) is 31.4 Å². The van der Waals surface area contributed by atoms with Gasteiger partial charge in [0.15, 0.2) is 0 Å². The molecule has 2 aromatic heterocycles. The van der Waals surface area contributed by atoms with Gasteiger partial charge < -0.3 is 9.73 Å². The number of nitrogens with one attached hydrogen (secondary N) is 1. The summed E-state index contributed by atoms with van der Waals surface area (Å²) in [6.45, 7) is -0.335. The molecule has 9 heteroatoms. The minimum atomic E-state index is -3.93. The molecule has 0 atom stereocenters. The monoisotopic (exact) mass is 397 g/mol. The molecule has 0 radical (unpaired) electrons. The van der Waals surface area contributed by atoms with Gasteiger partial charge in [-0.25, -0.2) is 13.4 Å². The number of hydrogen-bond acceptors (Lipinski definition) is 5. The number of aromatic nitrogens is 1. The molecule has 1 fully saturated rings. The Balaban J connectivity index is 1.79. The van der Waals surface area contributed by atoms with E-state index in [4.69, 9.17) is 16.0 Å². The number of carbonyl (C=O) groups is 1. The maximum atomic E-state index is 13.0. The first-order valence-corrected chi connectivity index (χ1v) is 10.2. The van der Waals surface area contributed by atoms with Gasteiger partial charge in [0.2, 0.25) is 15.9 Å². The Morgan fingerprint density at radius 2 is 2.08 bits per heavy atom. The molecule has 0 bridgehead atoms. The second kappa shape index (κ2) is 8.20. The summed E-state index contributed by atoms with van der Waals surface area (Å²) in [7, 11) is -3.93. The topological polar surface area (TPSA) is 92.5 Å². The number of nitrogens with zero attached hydrogens (tertiary/aromatic N) is 2. The highest BCUT2D eigenvalue weighted by Gasteiger charge is 2.29. The molecule has 1 N–H and O–H groups in total. The van der Waals surface area contributed by atoms with Gasteiger partial charge in [0.05, 0.1) is 19.4 Å². The third-order valence-electron chi connectivity index (χ3n) is 4.29. The Bertz CT molecular complexity index is 831. The van der Waals surface area contributed by atoms with Crippen molar-refractivity contribution in [3.8, 4) is 0 Å². The third kappa shape index (κ3) is 4.63. The van der Waals surface area contributed by atoms with E-state index in [1.165, 1.54) is 24.6 Å². The first-order chi connectivity index (χ1) is 12.4. The second-order valence-electron chi connectivity index (χ2n) is 6.22. The van der Waals surface area contributed by atoms with Gasteiger partial charge in [-0.2, -0.15) is 4.31 Å². The van der Waals surface area contributed by atoms with Crippen molar-refractivity contribution in [3.05, 3.63) is 47.6 Å². The van der Waals surface area contributed by atoms with Crippen molar-refractivity contribution in [1.82, 2.24) is 14.6 Å². The molecule has 2 aromatic rings. The summed E-state index contributed by atoms with van der Waals surface area (Å²) >= 11 is 5.74. The summed E-state index contributed by atoms with van der Waals surface area (Å²) in [6, 6.07) is 6.22. The van der Waals surface area contributed by atoms with Crippen molar-refractivity contribution in [2.24, 2.45) is 0 Å². The smallest absolute Gasteiger partial charge is 0.245 e. The lowest BCUT2D eigenvalue weighted by atomic mass is 10.2. The summed E-state index contributed by atoms with van der Waals surface area (Å²) in [4.78, 5) is 16.2. The molecule has 0 spiro atoms. The van der Waals surface area contributed by atoms with Crippen molar-refractivity contribution >= 4 is 27.5 Å². The number of pyridine rings is 1. The van der Waals surface area contributed by atoms with E-state index in [1.807, 2.05) is 0 Å². The van der Waals surface area contributed by atoms with Crippen LogP contribution in [0.2, 0.25) is 5.15 Å². The van der Waals surface area contributed by atoms with Gasteiger partial charge in [0.1, 0.15) is 15.8 Å². The molecule has 1 aliphatic rings. The predicted octanol–water partition coefficient (Wildman–Crippen LogP) is 2.58. The van der Waals surface area contributed by atoms with E-state index < -0.39 is 10.0 Å². The molecular formula is C17H20ClN3O4S. The average molecular weight is 398 g/mol. The number of furan rings is 1. The zero-order valence-electron chi connectivity index (χ0n) is 14.1. The summed E-state index contributed by atoms with van der Waals surface area (Å²) in [5.74, 6) is 0.123. The molecule has 1 amide bonds. The Labute approximate surface area is 157 Å². The van der Waals surface area contributed by atoms with Crippen molar-refractivity contribution in [3.63, 3.8) is 0 Å². The Morgan fingerprint density at radius 3 is 2.69 bits per heavy atom. The largest absolute Gasteiger partial charge is 0.468 e. The molecule has 1 saturated carbocycles. The zero-order valence-corrected chi connectivity index (χ0v) is 15.7. The molecule has 2 heterocycles. The van der Waals surface area contributed by atoms with Gasteiger partial charge in [-0.15, -0.1) is 0 Å². The van der Waals surface area contributed by atoms with Crippen LogP contribution in [0, 0.1) is 0 Å². The van der Waals surface area contributed by atoms with Crippen LogP contribution in [0.5, 0.6) is 0 Å².